The molecule has 0 spiro atoms. The second kappa shape index (κ2) is 6.89. The molecule has 3 heteroatoms. The fourth-order valence-electron chi connectivity index (χ4n) is 0.911. The zero-order valence-corrected chi connectivity index (χ0v) is 8.88. The van der Waals surface area contributed by atoms with Crippen LogP contribution in [0.25, 0.3) is 0 Å². The van der Waals surface area contributed by atoms with E-state index in [1.54, 1.807) is 0 Å². The Labute approximate surface area is 80.6 Å². The molecule has 78 valence electrons. The average molecular weight is 187 g/mol. The second-order valence-corrected chi connectivity index (χ2v) is 3.40. The van der Waals surface area contributed by atoms with Gasteiger partial charge in [0.2, 0.25) is 0 Å². The molecule has 0 aliphatic carbocycles. The van der Waals surface area contributed by atoms with Gasteiger partial charge >= 0.3 is 5.97 Å². The number of rotatable bonds is 6. The molecule has 0 fully saturated rings. The molecule has 0 aliphatic heterocycles. The van der Waals surface area contributed by atoms with Gasteiger partial charge in [0, 0.05) is 0 Å². The summed E-state index contributed by atoms with van der Waals surface area (Å²) in [5, 5.41) is 0. The fraction of sp³-hybridized carbons (Fsp3) is 0.900. The summed E-state index contributed by atoms with van der Waals surface area (Å²) in [4.78, 5) is 11.3. The highest BCUT2D eigenvalue weighted by atomic mass is 16.5. The molecule has 0 aromatic heterocycles. The standard InChI is InChI=1S/C10H21NO2/c1-4-6-7-9(11)10(12)13-8(3)5-2/h8-9H,4-7,11H2,1-3H3/t8-,9-/m1/s1. The molecule has 0 amide bonds. The van der Waals surface area contributed by atoms with Crippen molar-refractivity contribution in [2.24, 2.45) is 5.73 Å². The van der Waals surface area contributed by atoms with Crippen LogP contribution in [0, 0.1) is 0 Å². The van der Waals surface area contributed by atoms with E-state index in [-0.39, 0.29) is 12.1 Å². The molecule has 0 aromatic carbocycles. The highest BCUT2D eigenvalue weighted by Crippen LogP contribution is 2.03. The lowest BCUT2D eigenvalue weighted by molar-refractivity contribution is -0.150. The number of unbranched alkanes of at least 4 members (excludes halogenated alkanes) is 1. The van der Waals surface area contributed by atoms with Gasteiger partial charge < -0.3 is 10.5 Å². The van der Waals surface area contributed by atoms with Crippen LogP contribution in [0.2, 0.25) is 0 Å². The molecule has 0 saturated carbocycles. The van der Waals surface area contributed by atoms with Gasteiger partial charge in [-0.3, -0.25) is 4.79 Å². The van der Waals surface area contributed by atoms with Crippen LogP contribution in [0.3, 0.4) is 0 Å². The van der Waals surface area contributed by atoms with Crippen molar-refractivity contribution >= 4 is 5.97 Å². The highest BCUT2D eigenvalue weighted by molar-refractivity contribution is 5.75. The molecule has 0 radical (unpaired) electrons. The van der Waals surface area contributed by atoms with Crippen LogP contribution in [0.5, 0.6) is 0 Å². The van der Waals surface area contributed by atoms with Gasteiger partial charge in [0.25, 0.3) is 0 Å². The van der Waals surface area contributed by atoms with Gasteiger partial charge in [-0.2, -0.15) is 0 Å². The van der Waals surface area contributed by atoms with E-state index in [2.05, 4.69) is 6.92 Å². The number of carbonyl (C=O) groups excluding carboxylic acids is 1. The lowest BCUT2D eigenvalue weighted by Crippen LogP contribution is -2.34. The highest BCUT2D eigenvalue weighted by Gasteiger charge is 2.16. The first-order chi connectivity index (χ1) is 6.11. The van der Waals surface area contributed by atoms with Crippen LogP contribution in [-0.2, 0) is 9.53 Å². The van der Waals surface area contributed by atoms with E-state index in [0.29, 0.717) is 0 Å². The molecule has 0 bridgehead atoms. The van der Waals surface area contributed by atoms with Gasteiger partial charge in [-0.1, -0.05) is 26.7 Å². The van der Waals surface area contributed by atoms with Crippen molar-refractivity contribution in [3.8, 4) is 0 Å². The average Bonchev–Trinajstić information content (AvgIpc) is 2.13. The molecule has 0 unspecified atom stereocenters. The summed E-state index contributed by atoms with van der Waals surface area (Å²) >= 11 is 0. The van der Waals surface area contributed by atoms with E-state index in [1.165, 1.54) is 0 Å². The zero-order valence-electron chi connectivity index (χ0n) is 8.88. The Morgan fingerprint density at radius 3 is 2.54 bits per heavy atom. The van der Waals surface area contributed by atoms with Crippen molar-refractivity contribution in [1.29, 1.82) is 0 Å². The van der Waals surface area contributed by atoms with E-state index in [0.717, 1.165) is 25.7 Å². The molecule has 0 saturated heterocycles. The van der Waals surface area contributed by atoms with Crippen molar-refractivity contribution in [1.82, 2.24) is 0 Å². The lowest BCUT2D eigenvalue weighted by Gasteiger charge is -2.14. The van der Waals surface area contributed by atoms with Gasteiger partial charge in [-0.15, -0.1) is 0 Å². The molecule has 0 rings (SSSR count). The number of hydrogen-bond donors (Lipinski definition) is 1. The Balaban J connectivity index is 3.68. The topological polar surface area (TPSA) is 52.3 Å². The second-order valence-electron chi connectivity index (χ2n) is 3.40. The largest absolute Gasteiger partial charge is 0.462 e. The van der Waals surface area contributed by atoms with Gasteiger partial charge in [0.1, 0.15) is 6.04 Å². The summed E-state index contributed by atoms with van der Waals surface area (Å²) in [6.45, 7) is 5.94. The number of ether oxygens (including phenoxy) is 1. The summed E-state index contributed by atoms with van der Waals surface area (Å²) in [6, 6.07) is -0.436. The summed E-state index contributed by atoms with van der Waals surface area (Å²) < 4.78 is 5.09. The van der Waals surface area contributed by atoms with Crippen LogP contribution in [0.15, 0.2) is 0 Å². The van der Waals surface area contributed by atoms with Crippen LogP contribution in [0.4, 0.5) is 0 Å². The molecular formula is C10H21NO2. The first-order valence-electron chi connectivity index (χ1n) is 5.07. The minimum Gasteiger partial charge on any atom is -0.462 e. The predicted octanol–water partition coefficient (Wildman–Crippen LogP) is 1.85. The maximum Gasteiger partial charge on any atom is 0.323 e. The van der Waals surface area contributed by atoms with E-state index in [4.69, 9.17) is 10.5 Å². The Morgan fingerprint density at radius 2 is 2.08 bits per heavy atom. The third-order valence-corrected chi connectivity index (χ3v) is 2.06. The minimum absolute atomic E-state index is 0.0137. The number of esters is 1. The quantitative estimate of drug-likeness (QED) is 0.645. The minimum atomic E-state index is -0.436. The smallest absolute Gasteiger partial charge is 0.323 e. The Kier molecular flexibility index (Phi) is 6.59. The molecule has 0 heterocycles. The summed E-state index contributed by atoms with van der Waals surface area (Å²) in [7, 11) is 0. The van der Waals surface area contributed by atoms with Gasteiger partial charge in [0.15, 0.2) is 0 Å². The van der Waals surface area contributed by atoms with Crippen molar-refractivity contribution in [3.63, 3.8) is 0 Å². The van der Waals surface area contributed by atoms with Crippen molar-refractivity contribution in [2.75, 3.05) is 0 Å². The predicted molar refractivity (Wildman–Crippen MR) is 53.3 cm³/mol. The summed E-state index contributed by atoms with van der Waals surface area (Å²) in [5.41, 5.74) is 5.63. The van der Waals surface area contributed by atoms with Crippen LogP contribution < -0.4 is 5.73 Å². The fourth-order valence-corrected chi connectivity index (χ4v) is 0.911. The maximum absolute atomic E-state index is 11.3. The third kappa shape index (κ3) is 5.64. The van der Waals surface area contributed by atoms with Crippen molar-refractivity contribution in [3.05, 3.63) is 0 Å². The molecule has 13 heavy (non-hydrogen) atoms. The zero-order chi connectivity index (χ0) is 10.3. The number of carbonyl (C=O) groups is 1. The Morgan fingerprint density at radius 1 is 1.46 bits per heavy atom. The van der Waals surface area contributed by atoms with Gasteiger partial charge in [0.05, 0.1) is 6.10 Å². The molecule has 0 aromatic rings. The summed E-state index contributed by atoms with van der Waals surface area (Å²) in [5.74, 6) is -0.261. The maximum atomic E-state index is 11.3. The van der Waals surface area contributed by atoms with E-state index < -0.39 is 6.04 Å². The monoisotopic (exact) mass is 187 g/mol. The van der Waals surface area contributed by atoms with E-state index >= 15 is 0 Å². The molecule has 2 N–H and O–H groups in total. The van der Waals surface area contributed by atoms with E-state index in [9.17, 15) is 4.79 Å². The number of hydrogen-bond acceptors (Lipinski definition) is 3. The van der Waals surface area contributed by atoms with Crippen LogP contribution in [-0.4, -0.2) is 18.1 Å². The normalized spacial score (nSPS) is 15.1. The van der Waals surface area contributed by atoms with Crippen molar-refractivity contribution < 1.29 is 9.53 Å². The lowest BCUT2D eigenvalue weighted by atomic mass is 10.1. The Bertz CT molecular complexity index is 148. The van der Waals surface area contributed by atoms with Crippen LogP contribution >= 0.6 is 0 Å². The van der Waals surface area contributed by atoms with Crippen LogP contribution in [0.1, 0.15) is 46.5 Å². The van der Waals surface area contributed by atoms with Crippen molar-refractivity contribution in [2.45, 2.75) is 58.6 Å². The van der Waals surface area contributed by atoms with E-state index in [1.807, 2.05) is 13.8 Å². The number of nitrogens with two attached hydrogens (primary N) is 1. The Hall–Kier alpha value is -0.570. The molecular weight excluding hydrogens is 166 g/mol. The first-order valence-corrected chi connectivity index (χ1v) is 5.07. The van der Waals surface area contributed by atoms with Gasteiger partial charge in [-0.25, -0.2) is 0 Å². The third-order valence-electron chi connectivity index (χ3n) is 2.06. The molecule has 2 atom stereocenters. The summed E-state index contributed by atoms with van der Waals surface area (Å²) in [6.07, 6.45) is 3.60. The molecule has 3 nitrogen and oxygen atoms in total. The molecule has 0 aliphatic rings. The van der Waals surface area contributed by atoms with Gasteiger partial charge in [-0.05, 0) is 19.8 Å². The SMILES string of the molecule is CCCC[C@@H](N)C(=O)O[C@H](C)CC. The first kappa shape index (κ1) is 12.4.